The highest BCUT2D eigenvalue weighted by Gasteiger charge is 2.09. The smallest absolute Gasteiger partial charge is 0.258 e. The Morgan fingerprint density at radius 1 is 1.29 bits per heavy atom. The van der Waals surface area contributed by atoms with Crippen molar-refractivity contribution in [1.82, 2.24) is 15.2 Å². The Morgan fingerprint density at radius 2 is 2.12 bits per heavy atom. The molecule has 0 aliphatic carbocycles. The molecule has 0 fully saturated rings. The number of anilines is 1. The van der Waals surface area contributed by atoms with Gasteiger partial charge in [-0.15, -0.1) is 5.10 Å². The molecular weight excluding hydrogens is 307 g/mol. The first-order valence-electron chi connectivity index (χ1n) is 4.56. The lowest BCUT2D eigenvalue weighted by Crippen LogP contribution is -2.14. The van der Waals surface area contributed by atoms with Crippen molar-refractivity contribution in [3.63, 3.8) is 0 Å². The Hall–Kier alpha value is -1.53. The van der Waals surface area contributed by atoms with E-state index in [-0.39, 0.29) is 11.9 Å². The van der Waals surface area contributed by atoms with E-state index in [1.165, 1.54) is 12.4 Å². The van der Waals surface area contributed by atoms with E-state index >= 15 is 0 Å². The molecule has 7 heteroatoms. The Balaban J connectivity index is 2.20. The molecular formula is C10H6BrClN4O. The number of amides is 1. The number of hydrogen-bond donors (Lipinski definition) is 1. The molecule has 0 atom stereocenters. The van der Waals surface area contributed by atoms with Crippen LogP contribution in [0.2, 0.25) is 5.02 Å². The highest BCUT2D eigenvalue weighted by atomic mass is 79.9. The van der Waals surface area contributed by atoms with Gasteiger partial charge in [-0.05, 0) is 18.2 Å². The summed E-state index contributed by atoms with van der Waals surface area (Å²) >= 11 is 9.10. The van der Waals surface area contributed by atoms with Crippen molar-refractivity contribution < 1.29 is 4.79 Å². The molecule has 17 heavy (non-hydrogen) atoms. The minimum Gasteiger partial charge on any atom is -0.289 e. The second-order valence-electron chi connectivity index (χ2n) is 3.08. The van der Waals surface area contributed by atoms with Crippen molar-refractivity contribution in [2.75, 3.05) is 5.32 Å². The van der Waals surface area contributed by atoms with Crippen LogP contribution in [0.4, 0.5) is 5.95 Å². The minimum atomic E-state index is -0.346. The van der Waals surface area contributed by atoms with E-state index in [0.29, 0.717) is 10.6 Å². The van der Waals surface area contributed by atoms with Crippen LogP contribution in [0.5, 0.6) is 0 Å². The fraction of sp³-hybridized carbons (Fsp3) is 0. The van der Waals surface area contributed by atoms with Gasteiger partial charge in [0.2, 0.25) is 5.95 Å². The van der Waals surface area contributed by atoms with Gasteiger partial charge in [-0.3, -0.25) is 10.1 Å². The topological polar surface area (TPSA) is 67.8 Å². The maximum atomic E-state index is 11.8. The average Bonchev–Trinajstić information content (AvgIpc) is 2.29. The quantitative estimate of drug-likeness (QED) is 0.925. The summed E-state index contributed by atoms with van der Waals surface area (Å²) in [4.78, 5) is 15.7. The van der Waals surface area contributed by atoms with Crippen molar-refractivity contribution in [2.45, 2.75) is 0 Å². The molecule has 2 aromatic rings. The summed E-state index contributed by atoms with van der Waals surface area (Å²) in [7, 11) is 0. The molecule has 0 saturated carbocycles. The fourth-order valence-corrected chi connectivity index (χ4v) is 2.02. The summed E-state index contributed by atoms with van der Waals surface area (Å²) < 4.78 is 0.724. The highest BCUT2D eigenvalue weighted by Crippen LogP contribution is 2.19. The molecule has 1 heterocycles. The van der Waals surface area contributed by atoms with E-state index in [0.717, 1.165) is 4.47 Å². The van der Waals surface area contributed by atoms with Crippen molar-refractivity contribution in [3.8, 4) is 0 Å². The van der Waals surface area contributed by atoms with Gasteiger partial charge in [0.05, 0.1) is 12.4 Å². The van der Waals surface area contributed by atoms with Gasteiger partial charge in [-0.1, -0.05) is 27.5 Å². The molecule has 2 rings (SSSR count). The number of nitrogens with zero attached hydrogens (tertiary/aromatic N) is 3. The second kappa shape index (κ2) is 5.20. The third-order valence-corrected chi connectivity index (χ3v) is 2.51. The Kier molecular flexibility index (Phi) is 3.65. The van der Waals surface area contributed by atoms with Crippen LogP contribution in [0, 0.1) is 0 Å². The van der Waals surface area contributed by atoms with Crippen molar-refractivity contribution in [3.05, 3.63) is 45.7 Å². The first-order chi connectivity index (χ1) is 8.15. The molecule has 0 unspecified atom stereocenters. The van der Waals surface area contributed by atoms with Crippen LogP contribution in [0.25, 0.3) is 0 Å². The van der Waals surface area contributed by atoms with Gasteiger partial charge in [-0.2, -0.15) is 5.10 Å². The van der Waals surface area contributed by atoms with E-state index in [1.807, 2.05) is 0 Å². The predicted molar refractivity (Wildman–Crippen MR) is 66.9 cm³/mol. The fourth-order valence-electron chi connectivity index (χ4n) is 1.16. The van der Waals surface area contributed by atoms with Gasteiger partial charge in [0.25, 0.3) is 5.91 Å². The Bertz CT molecular complexity index is 529. The van der Waals surface area contributed by atoms with Crippen LogP contribution in [-0.4, -0.2) is 21.1 Å². The van der Waals surface area contributed by atoms with E-state index < -0.39 is 0 Å². The Labute approximate surface area is 110 Å². The largest absolute Gasteiger partial charge is 0.289 e. The normalized spacial score (nSPS) is 10.0. The molecule has 1 aromatic heterocycles. The lowest BCUT2D eigenvalue weighted by molar-refractivity contribution is 0.102. The zero-order chi connectivity index (χ0) is 12.3. The molecule has 5 nitrogen and oxygen atoms in total. The summed E-state index contributed by atoms with van der Waals surface area (Å²) in [5.41, 5.74) is 0.414. The first-order valence-corrected chi connectivity index (χ1v) is 5.73. The number of nitrogens with one attached hydrogen (secondary N) is 1. The van der Waals surface area contributed by atoms with E-state index in [1.54, 1.807) is 18.2 Å². The van der Waals surface area contributed by atoms with Gasteiger partial charge in [0.1, 0.15) is 0 Å². The van der Waals surface area contributed by atoms with Gasteiger partial charge in [-0.25, -0.2) is 4.98 Å². The number of carbonyl (C=O) groups is 1. The lowest BCUT2D eigenvalue weighted by atomic mass is 10.2. The zero-order valence-electron chi connectivity index (χ0n) is 8.39. The standard InChI is InChI=1S/C10H6BrClN4O/c11-7-3-6(4-8(12)5-7)9(17)15-10-13-1-2-14-16-10/h1-5H,(H,13,15,16,17). The maximum absolute atomic E-state index is 11.8. The van der Waals surface area contributed by atoms with Gasteiger partial charge in [0.15, 0.2) is 0 Å². The van der Waals surface area contributed by atoms with Crippen LogP contribution in [0.3, 0.4) is 0 Å². The van der Waals surface area contributed by atoms with Crippen molar-refractivity contribution in [1.29, 1.82) is 0 Å². The monoisotopic (exact) mass is 312 g/mol. The molecule has 1 amide bonds. The molecule has 1 aromatic carbocycles. The van der Waals surface area contributed by atoms with Gasteiger partial charge >= 0.3 is 0 Å². The molecule has 0 bridgehead atoms. The van der Waals surface area contributed by atoms with Gasteiger partial charge < -0.3 is 0 Å². The van der Waals surface area contributed by atoms with Crippen LogP contribution in [0.1, 0.15) is 10.4 Å². The molecule has 0 aliphatic heterocycles. The van der Waals surface area contributed by atoms with Gasteiger partial charge in [0, 0.05) is 15.1 Å². The molecule has 86 valence electrons. The molecule has 0 spiro atoms. The SMILES string of the molecule is O=C(Nc1nccnn1)c1cc(Cl)cc(Br)c1. The van der Waals surface area contributed by atoms with Crippen LogP contribution in [0.15, 0.2) is 35.1 Å². The van der Waals surface area contributed by atoms with E-state index in [4.69, 9.17) is 11.6 Å². The van der Waals surface area contributed by atoms with E-state index in [9.17, 15) is 4.79 Å². The summed E-state index contributed by atoms with van der Waals surface area (Å²) in [6.07, 6.45) is 2.86. The summed E-state index contributed by atoms with van der Waals surface area (Å²) in [6.45, 7) is 0. The lowest BCUT2D eigenvalue weighted by Gasteiger charge is -2.03. The number of benzene rings is 1. The summed E-state index contributed by atoms with van der Waals surface area (Å²) in [6, 6.07) is 4.90. The molecule has 0 radical (unpaired) electrons. The maximum Gasteiger partial charge on any atom is 0.258 e. The summed E-state index contributed by atoms with van der Waals surface area (Å²) in [5.74, 6) is -0.199. The molecule has 0 aliphatic rings. The van der Waals surface area contributed by atoms with Crippen LogP contribution < -0.4 is 5.32 Å². The minimum absolute atomic E-state index is 0.147. The summed E-state index contributed by atoms with van der Waals surface area (Å²) in [5, 5.41) is 10.2. The van der Waals surface area contributed by atoms with Crippen LogP contribution in [-0.2, 0) is 0 Å². The highest BCUT2D eigenvalue weighted by molar-refractivity contribution is 9.10. The van der Waals surface area contributed by atoms with E-state index in [2.05, 4.69) is 36.4 Å². The number of hydrogen-bond acceptors (Lipinski definition) is 4. The number of rotatable bonds is 2. The number of carbonyl (C=O) groups excluding carboxylic acids is 1. The second-order valence-corrected chi connectivity index (χ2v) is 4.43. The third kappa shape index (κ3) is 3.21. The Morgan fingerprint density at radius 3 is 2.76 bits per heavy atom. The van der Waals surface area contributed by atoms with Crippen molar-refractivity contribution >= 4 is 39.4 Å². The zero-order valence-corrected chi connectivity index (χ0v) is 10.7. The van der Waals surface area contributed by atoms with Crippen LogP contribution >= 0.6 is 27.5 Å². The average molecular weight is 314 g/mol. The number of aromatic nitrogens is 3. The molecule has 0 saturated heterocycles. The first kappa shape index (κ1) is 11.9. The third-order valence-electron chi connectivity index (χ3n) is 1.83. The number of halogens is 2. The van der Waals surface area contributed by atoms with Crippen molar-refractivity contribution in [2.24, 2.45) is 0 Å². The molecule has 1 N–H and O–H groups in total. The predicted octanol–water partition coefficient (Wildman–Crippen LogP) is 2.54.